The van der Waals surface area contributed by atoms with E-state index in [1.54, 1.807) is 50.5 Å². The van der Waals surface area contributed by atoms with Crippen LogP contribution in [0, 0.1) is 5.41 Å². The Morgan fingerprint density at radius 1 is 1.21 bits per heavy atom. The molecule has 1 aromatic rings. The van der Waals surface area contributed by atoms with Crippen molar-refractivity contribution >= 4 is 27.7 Å². The molecular formula is C13H17BrN2O3. The third-order valence-corrected chi connectivity index (χ3v) is 3.06. The van der Waals surface area contributed by atoms with Crippen molar-refractivity contribution in [2.24, 2.45) is 5.41 Å². The molecule has 0 aromatic heterocycles. The zero-order valence-corrected chi connectivity index (χ0v) is 12.6. The van der Waals surface area contributed by atoms with Gasteiger partial charge in [0.25, 0.3) is 5.91 Å². The molecular weight excluding hydrogens is 312 g/mol. The first-order valence-corrected chi connectivity index (χ1v) is 6.55. The van der Waals surface area contributed by atoms with E-state index in [0.29, 0.717) is 5.56 Å². The Kier molecular flexibility index (Phi) is 5.08. The van der Waals surface area contributed by atoms with Crippen LogP contribution in [0.2, 0.25) is 0 Å². The summed E-state index contributed by atoms with van der Waals surface area (Å²) in [5.41, 5.74) is 1.54. The highest BCUT2D eigenvalue weighted by Gasteiger charge is 2.28. The molecule has 0 saturated carbocycles. The zero-order chi connectivity index (χ0) is 14.6. The van der Waals surface area contributed by atoms with Crippen molar-refractivity contribution in [2.75, 3.05) is 0 Å². The van der Waals surface area contributed by atoms with Gasteiger partial charge in [0.1, 0.15) is 6.04 Å². The molecule has 0 spiro atoms. The van der Waals surface area contributed by atoms with Gasteiger partial charge in [-0.25, -0.2) is 5.48 Å². The first-order chi connectivity index (χ1) is 8.75. The van der Waals surface area contributed by atoms with Crippen LogP contribution in [0.5, 0.6) is 0 Å². The maximum absolute atomic E-state index is 12.0. The molecule has 0 fully saturated rings. The summed E-state index contributed by atoms with van der Waals surface area (Å²) in [5, 5.41) is 11.4. The maximum atomic E-state index is 12.0. The molecule has 19 heavy (non-hydrogen) atoms. The molecule has 0 saturated heterocycles. The Bertz CT molecular complexity index is 466. The number of hydrogen-bond acceptors (Lipinski definition) is 3. The molecule has 1 aromatic carbocycles. The van der Waals surface area contributed by atoms with Crippen molar-refractivity contribution in [3.63, 3.8) is 0 Å². The number of halogens is 1. The molecule has 0 aliphatic rings. The van der Waals surface area contributed by atoms with E-state index in [0.717, 1.165) is 4.47 Å². The van der Waals surface area contributed by atoms with Crippen molar-refractivity contribution in [2.45, 2.75) is 26.8 Å². The molecule has 5 nitrogen and oxygen atoms in total. The lowest BCUT2D eigenvalue weighted by Gasteiger charge is -2.23. The fourth-order valence-electron chi connectivity index (χ4n) is 1.37. The van der Waals surface area contributed by atoms with Crippen molar-refractivity contribution in [1.82, 2.24) is 10.8 Å². The fourth-order valence-corrected chi connectivity index (χ4v) is 1.63. The van der Waals surface area contributed by atoms with Crippen LogP contribution in [-0.4, -0.2) is 17.0 Å². The Morgan fingerprint density at radius 3 is 2.16 bits per heavy atom. The molecule has 0 radical (unpaired) electrons. The van der Waals surface area contributed by atoms with Crippen LogP contribution < -0.4 is 10.8 Å². The summed E-state index contributed by atoms with van der Waals surface area (Å²) in [6.07, 6.45) is 0. The molecule has 1 atom stereocenters. The average Bonchev–Trinajstić information content (AvgIpc) is 2.35. The van der Waals surface area contributed by atoms with Gasteiger partial charge in [0, 0.05) is 9.89 Å². The minimum Gasteiger partial charge on any atom is -0.340 e. The van der Waals surface area contributed by atoms with E-state index in [2.05, 4.69) is 21.2 Å². The van der Waals surface area contributed by atoms with Gasteiger partial charge in [-0.3, -0.25) is 14.8 Å². The number of hydroxylamine groups is 1. The van der Waals surface area contributed by atoms with Crippen LogP contribution in [-0.2, 0) is 9.59 Å². The summed E-state index contributed by atoms with van der Waals surface area (Å²) in [6.45, 7) is 5.24. The number of amides is 2. The van der Waals surface area contributed by atoms with Gasteiger partial charge in [-0.2, -0.15) is 0 Å². The maximum Gasteiger partial charge on any atom is 0.270 e. The summed E-state index contributed by atoms with van der Waals surface area (Å²) in [4.78, 5) is 23.6. The summed E-state index contributed by atoms with van der Waals surface area (Å²) in [7, 11) is 0. The van der Waals surface area contributed by atoms with Gasteiger partial charge in [-0.15, -0.1) is 0 Å². The molecule has 0 aliphatic heterocycles. The molecule has 0 bridgehead atoms. The van der Waals surface area contributed by atoms with Crippen molar-refractivity contribution in [3.05, 3.63) is 34.3 Å². The van der Waals surface area contributed by atoms with Gasteiger partial charge >= 0.3 is 0 Å². The highest BCUT2D eigenvalue weighted by Crippen LogP contribution is 2.20. The molecule has 0 aliphatic carbocycles. The van der Waals surface area contributed by atoms with E-state index in [4.69, 9.17) is 5.21 Å². The highest BCUT2D eigenvalue weighted by atomic mass is 79.9. The van der Waals surface area contributed by atoms with Crippen LogP contribution >= 0.6 is 15.9 Å². The van der Waals surface area contributed by atoms with Crippen LogP contribution in [0.25, 0.3) is 0 Å². The molecule has 0 unspecified atom stereocenters. The second-order valence-electron chi connectivity index (χ2n) is 5.18. The van der Waals surface area contributed by atoms with Gasteiger partial charge in [0.15, 0.2) is 0 Å². The smallest absolute Gasteiger partial charge is 0.270 e. The van der Waals surface area contributed by atoms with E-state index in [1.807, 2.05) is 0 Å². The van der Waals surface area contributed by atoms with E-state index < -0.39 is 17.4 Å². The van der Waals surface area contributed by atoms with Gasteiger partial charge in [-0.1, -0.05) is 48.8 Å². The molecule has 3 N–H and O–H groups in total. The van der Waals surface area contributed by atoms with E-state index >= 15 is 0 Å². The number of benzene rings is 1. The lowest BCUT2D eigenvalue weighted by molar-refractivity contribution is -0.137. The van der Waals surface area contributed by atoms with Crippen molar-refractivity contribution in [1.29, 1.82) is 0 Å². The standard InChI is InChI=1S/C13H17BrN2O3/c1-13(2,3)12(18)15-10(11(17)16-19)8-4-6-9(14)7-5-8/h4-7,10,19H,1-3H3,(H,15,18)(H,16,17)/t10-/m1/s1. The second-order valence-corrected chi connectivity index (χ2v) is 6.10. The summed E-state index contributed by atoms with van der Waals surface area (Å²) in [5.74, 6) is -0.955. The van der Waals surface area contributed by atoms with Crippen LogP contribution in [0.1, 0.15) is 32.4 Å². The van der Waals surface area contributed by atoms with E-state index in [9.17, 15) is 9.59 Å². The van der Waals surface area contributed by atoms with Crippen LogP contribution in [0.4, 0.5) is 0 Å². The monoisotopic (exact) mass is 328 g/mol. The lowest BCUT2D eigenvalue weighted by Crippen LogP contribution is -2.43. The number of nitrogens with one attached hydrogen (secondary N) is 2. The van der Waals surface area contributed by atoms with E-state index in [-0.39, 0.29) is 5.91 Å². The summed E-state index contributed by atoms with van der Waals surface area (Å²) >= 11 is 3.29. The van der Waals surface area contributed by atoms with E-state index in [1.165, 1.54) is 0 Å². The molecule has 0 heterocycles. The quantitative estimate of drug-likeness (QED) is 0.587. The second kappa shape index (κ2) is 6.16. The molecule has 2 amide bonds. The average molecular weight is 329 g/mol. The lowest BCUT2D eigenvalue weighted by atomic mass is 9.94. The Morgan fingerprint density at radius 2 is 1.74 bits per heavy atom. The normalized spacial score (nSPS) is 12.7. The van der Waals surface area contributed by atoms with Gasteiger partial charge in [0.05, 0.1) is 0 Å². The third kappa shape index (κ3) is 4.33. The summed E-state index contributed by atoms with van der Waals surface area (Å²) < 4.78 is 0.863. The van der Waals surface area contributed by atoms with Gasteiger partial charge in [0.2, 0.25) is 5.91 Å². The molecule has 1 rings (SSSR count). The minimum absolute atomic E-state index is 0.274. The number of carbonyl (C=O) groups is 2. The Balaban J connectivity index is 2.99. The zero-order valence-electron chi connectivity index (χ0n) is 11.0. The van der Waals surface area contributed by atoms with Gasteiger partial charge < -0.3 is 5.32 Å². The first kappa shape index (κ1) is 15.7. The molecule has 104 valence electrons. The van der Waals surface area contributed by atoms with Crippen LogP contribution in [0.3, 0.4) is 0 Å². The SMILES string of the molecule is CC(C)(C)C(=O)N[C@@H](C(=O)NO)c1ccc(Br)cc1. The summed E-state index contributed by atoms with van der Waals surface area (Å²) in [6, 6.07) is 6.00. The topological polar surface area (TPSA) is 78.4 Å². The highest BCUT2D eigenvalue weighted by molar-refractivity contribution is 9.10. The first-order valence-electron chi connectivity index (χ1n) is 5.76. The number of hydrogen-bond donors (Lipinski definition) is 3. The number of rotatable bonds is 3. The molecule has 6 heteroatoms. The van der Waals surface area contributed by atoms with Crippen molar-refractivity contribution in [3.8, 4) is 0 Å². The fraction of sp³-hybridized carbons (Fsp3) is 0.385. The Hall–Kier alpha value is -1.40. The predicted molar refractivity (Wildman–Crippen MR) is 74.4 cm³/mol. The van der Waals surface area contributed by atoms with Crippen LogP contribution in [0.15, 0.2) is 28.7 Å². The third-order valence-electron chi connectivity index (χ3n) is 2.53. The Labute approximate surface area is 120 Å². The van der Waals surface area contributed by atoms with Crippen molar-refractivity contribution < 1.29 is 14.8 Å². The van der Waals surface area contributed by atoms with Gasteiger partial charge in [-0.05, 0) is 17.7 Å². The minimum atomic E-state index is -0.926. The predicted octanol–water partition coefficient (Wildman–Crippen LogP) is 2.16. The largest absolute Gasteiger partial charge is 0.340 e. The number of carbonyl (C=O) groups excluding carboxylic acids is 2.